The topological polar surface area (TPSA) is 50.7 Å². The smallest absolute Gasteiger partial charge is 0.165 e. The second-order valence-electron chi connectivity index (χ2n) is 6.18. The van der Waals surface area contributed by atoms with Crippen LogP contribution in [0.1, 0.15) is 32.8 Å². The molecule has 1 aromatic rings. The zero-order valence-electron chi connectivity index (χ0n) is 13.2. The number of aliphatic hydroxyl groups excluding tert-OH is 1. The predicted octanol–water partition coefficient (Wildman–Crippen LogP) is 2.59. The molecule has 2 N–H and O–H groups in total. The number of hydrogen-bond donors (Lipinski definition) is 2. The third-order valence-corrected chi connectivity index (χ3v) is 3.14. The lowest BCUT2D eigenvalue weighted by Gasteiger charge is -2.26. The van der Waals surface area contributed by atoms with E-state index in [0.29, 0.717) is 6.54 Å². The lowest BCUT2D eigenvalue weighted by Crippen LogP contribution is -2.35. The maximum Gasteiger partial charge on any atom is 0.165 e. The van der Waals surface area contributed by atoms with Crippen LogP contribution in [0.15, 0.2) is 18.2 Å². The summed E-state index contributed by atoms with van der Waals surface area (Å²) in [6.07, 6.45) is 0.912. The molecule has 4 nitrogen and oxygen atoms in total. The van der Waals surface area contributed by atoms with Gasteiger partial charge in [0.05, 0.1) is 20.8 Å². The number of ether oxygens (including phenoxy) is 2. The van der Waals surface area contributed by atoms with E-state index in [2.05, 4.69) is 26.1 Å². The van der Waals surface area contributed by atoms with E-state index in [1.165, 1.54) is 0 Å². The zero-order chi connectivity index (χ0) is 15.2. The molecule has 0 radical (unpaired) electrons. The van der Waals surface area contributed by atoms with E-state index in [9.17, 15) is 5.11 Å². The number of hydrogen-bond acceptors (Lipinski definition) is 4. The normalized spacial score (nSPS) is 13.1. The minimum atomic E-state index is 0.0749. The Kier molecular flexibility index (Phi) is 6.30. The molecular weight excluding hydrogens is 254 g/mol. The van der Waals surface area contributed by atoms with Crippen molar-refractivity contribution in [3.63, 3.8) is 0 Å². The SMILES string of the molecule is COc1cccc(CNC(CO)CC(C)(C)C)c1OC. The fraction of sp³-hybridized carbons (Fsp3) is 0.625. The van der Waals surface area contributed by atoms with Crippen LogP contribution in [0, 0.1) is 5.41 Å². The lowest BCUT2D eigenvalue weighted by atomic mass is 9.88. The number of benzene rings is 1. The van der Waals surface area contributed by atoms with Crippen LogP contribution < -0.4 is 14.8 Å². The van der Waals surface area contributed by atoms with Crippen molar-refractivity contribution in [3.05, 3.63) is 23.8 Å². The predicted molar refractivity (Wildman–Crippen MR) is 81.3 cm³/mol. The van der Waals surface area contributed by atoms with Gasteiger partial charge in [0.25, 0.3) is 0 Å². The van der Waals surface area contributed by atoms with Crippen molar-refractivity contribution in [2.45, 2.75) is 39.8 Å². The van der Waals surface area contributed by atoms with Crippen molar-refractivity contribution in [3.8, 4) is 11.5 Å². The highest BCUT2D eigenvalue weighted by molar-refractivity contribution is 5.46. The van der Waals surface area contributed by atoms with Crippen molar-refractivity contribution >= 4 is 0 Å². The van der Waals surface area contributed by atoms with Crippen molar-refractivity contribution in [1.82, 2.24) is 5.32 Å². The third-order valence-electron chi connectivity index (χ3n) is 3.14. The van der Waals surface area contributed by atoms with Gasteiger partial charge in [0.2, 0.25) is 0 Å². The Morgan fingerprint density at radius 2 is 1.90 bits per heavy atom. The average Bonchev–Trinajstić information content (AvgIpc) is 2.41. The van der Waals surface area contributed by atoms with Gasteiger partial charge in [-0.1, -0.05) is 32.9 Å². The highest BCUT2D eigenvalue weighted by Gasteiger charge is 2.18. The Hall–Kier alpha value is -1.26. The maximum absolute atomic E-state index is 9.48. The Labute approximate surface area is 122 Å². The van der Waals surface area contributed by atoms with E-state index in [0.717, 1.165) is 23.5 Å². The molecule has 0 heterocycles. The van der Waals surface area contributed by atoms with Crippen molar-refractivity contribution in [1.29, 1.82) is 0 Å². The summed E-state index contributed by atoms with van der Waals surface area (Å²) < 4.78 is 10.7. The Morgan fingerprint density at radius 3 is 2.40 bits per heavy atom. The van der Waals surface area contributed by atoms with E-state index < -0.39 is 0 Å². The molecule has 0 aliphatic carbocycles. The van der Waals surface area contributed by atoms with E-state index in [-0.39, 0.29) is 18.1 Å². The summed E-state index contributed by atoms with van der Waals surface area (Å²) in [7, 11) is 3.27. The molecule has 0 bridgehead atoms. The van der Waals surface area contributed by atoms with Crippen LogP contribution >= 0.6 is 0 Å². The van der Waals surface area contributed by atoms with Crippen LogP contribution in [0.5, 0.6) is 11.5 Å². The molecule has 20 heavy (non-hydrogen) atoms. The highest BCUT2D eigenvalue weighted by atomic mass is 16.5. The first-order valence-electron chi connectivity index (χ1n) is 6.95. The monoisotopic (exact) mass is 281 g/mol. The molecule has 114 valence electrons. The van der Waals surface area contributed by atoms with Gasteiger partial charge >= 0.3 is 0 Å². The number of methoxy groups -OCH3 is 2. The average molecular weight is 281 g/mol. The number of para-hydroxylation sites is 1. The molecule has 0 amide bonds. The molecular formula is C16H27NO3. The van der Waals surface area contributed by atoms with E-state index >= 15 is 0 Å². The Morgan fingerprint density at radius 1 is 1.20 bits per heavy atom. The van der Waals surface area contributed by atoms with Gasteiger partial charge in [-0.3, -0.25) is 0 Å². The maximum atomic E-state index is 9.48. The van der Waals surface area contributed by atoms with Gasteiger partial charge < -0.3 is 19.9 Å². The van der Waals surface area contributed by atoms with Gasteiger partial charge in [0.15, 0.2) is 11.5 Å². The van der Waals surface area contributed by atoms with Gasteiger partial charge in [0, 0.05) is 18.2 Å². The van der Waals surface area contributed by atoms with Gasteiger partial charge in [-0.05, 0) is 17.9 Å². The number of aliphatic hydroxyl groups is 1. The molecule has 1 unspecified atom stereocenters. The molecule has 1 aromatic carbocycles. The van der Waals surface area contributed by atoms with Crippen LogP contribution in [0.3, 0.4) is 0 Å². The van der Waals surface area contributed by atoms with Crippen molar-refractivity contribution in [2.24, 2.45) is 5.41 Å². The summed E-state index contributed by atoms with van der Waals surface area (Å²) in [5.41, 5.74) is 1.21. The summed E-state index contributed by atoms with van der Waals surface area (Å²) in [5, 5.41) is 12.9. The first-order valence-corrected chi connectivity index (χ1v) is 6.95. The van der Waals surface area contributed by atoms with E-state index in [1.807, 2.05) is 18.2 Å². The zero-order valence-corrected chi connectivity index (χ0v) is 13.2. The summed E-state index contributed by atoms with van der Waals surface area (Å²) in [5.74, 6) is 1.47. The van der Waals surface area contributed by atoms with Gasteiger partial charge in [-0.2, -0.15) is 0 Å². The van der Waals surface area contributed by atoms with Crippen LogP contribution in [-0.2, 0) is 6.54 Å². The summed E-state index contributed by atoms with van der Waals surface area (Å²) >= 11 is 0. The fourth-order valence-corrected chi connectivity index (χ4v) is 2.29. The molecule has 4 heteroatoms. The van der Waals surface area contributed by atoms with Crippen LogP contribution in [0.2, 0.25) is 0 Å². The van der Waals surface area contributed by atoms with E-state index in [1.54, 1.807) is 14.2 Å². The molecule has 0 spiro atoms. The minimum Gasteiger partial charge on any atom is -0.493 e. The first-order chi connectivity index (χ1) is 9.41. The van der Waals surface area contributed by atoms with Gasteiger partial charge in [-0.15, -0.1) is 0 Å². The molecule has 0 aliphatic rings. The number of rotatable bonds is 7. The van der Waals surface area contributed by atoms with Gasteiger partial charge in [-0.25, -0.2) is 0 Å². The van der Waals surface area contributed by atoms with E-state index in [4.69, 9.17) is 9.47 Å². The largest absolute Gasteiger partial charge is 0.493 e. The molecule has 0 aliphatic heterocycles. The molecule has 1 atom stereocenters. The lowest BCUT2D eigenvalue weighted by molar-refractivity contribution is 0.197. The van der Waals surface area contributed by atoms with Gasteiger partial charge in [0.1, 0.15) is 0 Å². The Balaban J connectivity index is 2.73. The molecule has 0 fully saturated rings. The van der Waals surface area contributed by atoms with Crippen LogP contribution in [-0.4, -0.2) is 32.0 Å². The summed E-state index contributed by atoms with van der Waals surface area (Å²) in [6, 6.07) is 5.89. The van der Waals surface area contributed by atoms with Crippen molar-refractivity contribution in [2.75, 3.05) is 20.8 Å². The molecule has 0 saturated carbocycles. The fourth-order valence-electron chi connectivity index (χ4n) is 2.29. The minimum absolute atomic E-state index is 0.0749. The third kappa shape index (κ3) is 5.02. The van der Waals surface area contributed by atoms with Crippen molar-refractivity contribution < 1.29 is 14.6 Å². The second kappa shape index (κ2) is 7.50. The first kappa shape index (κ1) is 16.8. The quantitative estimate of drug-likeness (QED) is 0.806. The van der Waals surface area contributed by atoms with Crippen LogP contribution in [0.25, 0.3) is 0 Å². The standard InChI is InChI=1S/C16H27NO3/c1-16(2,3)9-13(11-18)17-10-12-7-6-8-14(19-4)15(12)20-5/h6-8,13,17-18H,9-11H2,1-5H3. The summed E-state index contributed by atoms with van der Waals surface area (Å²) in [4.78, 5) is 0. The molecule has 0 aromatic heterocycles. The number of nitrogens with one attached hydrogen (secondary N) is 1. The molecule has 0 saturated heterocycles. The van der Waals surface area contributed by atoms with Crippen LogP contribution in [0.4, 0.5) is 0 Å². The summed E-state index contributed by atoms with van der Waals surface area (Å²) in [6.45, 7) is 7.28. The Bertz CT molecular complexity index is 413. The molecule has 1 rings (SSSR count). The second-order valence-corrected chi connectivity index (χ2v) is 6.18. The highest BCUT2D eigenvalue weighted by Crippen LogP contribution is 2.30.